The first-order valence-electron chi connectivity index (χ1n) is 6.07. The highest BCUT2D eigenvalue weighted by Gasteiger charge is 2.07. The highest BCUT2D eigenvalue weighted by molar-refractivity contribution is 5.67. The van der Waals surface area contributed by atoms with Crippen LogP contribution in [0, 0.1) is 0 Å². The smallest absolute Gasteiger partial charge is 0.148 e. The van der Waals surface area contributed by atoms with Crippen molar-refractivity contribution in [3.05, 3.63) is 36.4 Å². The molecular formula is C14H17N3O2. The minimum atomic E-state index is 0.509. The molecule has 0 saturated carbocycles. The van der Waals surface area contributed by atoms with Gasteiger partial charge in [-0.15, -0.1) is 10.2 Å². The predicted molar refractivity (Wildman–Crippen MR) is 74.4 cm³/mol. The van der Waals surface area contributed by atoms with Gasteiger partial charge in [0.05, 0.1) is 12.3 Å². The Balaban J connectivity index is 2.22. The zero-order chi connectivity index (χ0) is 13.5. The molecule has 0 unspecified atom stereocenters. The number of nitrogens with one attached hydrogen (secondary N) is 1. The van der Waals surface area contributed by atoms with Crippen LogP contribution in [0.4, 0.5) is 5.82 Å². The van der Waals surface area contributed by atoms with Crippen molar-refractivity contribution in [3.63, 3.8) is 0 Å². The van der Waals surface area contributed by atoms with E-state index >= 15 is 0 Å². The second kappa shape index (κ2) is 6.70. The van der Waals surface area contributed by atoms with E-state index in [1.54, 1.807) is 7.11 Å². The van der Waals surface area contributed by atoms with Gasteiger partial charge in [0.15, 0.2) is 0 Å². The first-order chi connectivity index (χ1) is 9.35. The van der Waals surface area contributed by atoms with Crippen molar-refractivity contribution in [2.75, 3.05) is 32.7 Å². The number of nitrogens with zero attached hydrogens (tertiary/aromatic N) is 2. The molecule has 0 saturated heterocycles. The van der Waals surface area contributed by atoms with Gasteiger partial charge in [-0.2, -0.15) is 0 Å². The fourth-order valence-electron chi connectivity index (χ4n) is 1.65. The number of aromatic nitrogens is 2. The Hall–Kier alpha value is -2.14. The summed E-state index contributed by atoms with van der Waals surface area (Å²) in [5, 5.41) is 11.2. The number of anilines is 1. The van der Waals surface area contributed by atoms with E-state index in [1.165, 1.54) is 0 Å². The second-order valence-electron chi connectivity index (χ2n) is 3.89. The normalized spacial score (nSPS) is 10.2. The Labute approximate surface area is 112 Å². The van der Waals surface area contributed by atoms with Crippen LogP contribution in [-0.2, 0) is 4.74 Å². The van der Waals surface area contributed by atoms with Gasteiger partial charge < -0.3 is 14.8 Å². The molecule has 0 spiro atoms. The van der Waals surface area contributed by atoms with Crippen LogP contribution in [0.25, 0.3) is 11.3 Å². The zero-order valence-electron chi connectivity index (χ0n) is 11.1. The van der Waals surface area contributed by atoms with Gasteiger partial charge in [0, 0.05) is 19.7 Å². The minimum Gasteiger partial charge on any atom is -0.490 e. The van der Waals surface area contributed by atoms with Crippen LogP contribution in [0.3, 0.4) is 0 Å². The summed E-state index contributed by atoms with van der Waals surface area (Å²) in [6.45, 7) is 1.06. The molecule has 0 aliphatic rings. The second-order valence-corrected chi connectivity index (χ2v) is 3.89. The van der Waals surface area contributed by atoms with Crippen molar-refractivity contribution < 1.29 is 9.47 Å². The summed E-state index contributed by atoms with van der Waals surface area (Å²) in [5.41, 5.74) is 1.71. The van der Waals surface area contributed by atoms with Crippen LogP contribution < -0.4 is 10.1 Å². The Morgan fingerprint density at radius 1 is 1.05 bits per heavy atom. The van der Waals surface area contributed by atoms with E-state index < -0.39 is 0 Å². The first-order valence-corrected chi connectivity index (χ1v) is 6.07. The Morgan fingerprint density at radius 3 is 2.58 bits per heavy atom. The average Bonchev–Trinajstić information content (AvgIpc) is 2.48. The monoisotopic (exact) mass is 259 g/mol. The van der Waals surface area contributed by atoms with Crippen LogP contribution in [0.1, 0.15) is 0 Å². The highest BCUT2D eigenvalue weighted by atomic mass is 16.5. The summed E-state index contributed by atoms with van der Waals surface area (Å²) in [4.78, 5) is 0. The van der Waals surface area contributed by atoms with E-state index in [0.717, 1.165) is 22.8 Å². The maximum atomic E-state index is 5.68. The molecule has 0 fully saturated rings. The van der Waals surface area contributed by atoms with E-state index in [1.807, 2.05) is 43.4 Å². The number of para-hydroxylation sites is 1. The third kappa shape index (κ3) is 3.42. The van der Waals surface area contributed by atoms with Crippen molar-refractivity contribution in [3.8, 4) is 17.0 Å². The van der Waals surface area contributed by atoms with Crippen LogP contribution in [0.2, 0.25) is 0 Å². The molecule has 2 rings (SSSR count). The van der Waals surface area contributed by atoms with E-state index in [-0.39, 0.29) is 0 Å². The highest BCUT2D eigenvalue weighted by Crippen LogP contribution is 2.28. The largest absolute Gasteiger partial charge is 0.490 e. The van der Waals surface area contributed by atoms with E-state index in [9.17, 15) is 0 Å². The molecule has 5 heteroatoms. The summed E-state index contributed by atoms with van der Waals surface area (Å²) in [6.07, 6.45) is 0. The third-order valence-electron chi connectivity index (χ3n) is 2.63. The molecule has 100 valence electrons. The van der Waals surface area contributed by atoms with Crippen molar-refractivity contribution >= 4 is 5.82 Å². The van der Waals surface area contributed by atoms with Gasteiger partial charge in [-0.3, -0.25) is 0 Å². The fraction of sp³-hybridized carbons (Fsp3) is 0.286. The standard InChI is InChI=1S/C14H17N3O2/c1-15-14-8-7-12(16-17-14)11-5-3-4-6-13(11)19-10-9-18-2/h3-8H,9-10H2,1-2H3,(H,15,17). The first kappa shape index (κ1) is 13.3. The number of ether oxygens (including phenoxy) is 2. The lowest BCUT2D eigenvalue weighted by Gasteiger charge is -2.10. The molecule has 19 heavy (non-hydrogen) atoms. The topological polar surface area (TPSA) is 56.3 Å². The van der Waals surface area contributed by atoms with Crippen molar-refractivity contribution in [1.29, 1.82) is 0 Å². The molecule has 1 N–H and O–H groups in total. The Morgan fingerprint density at radius 2 is 1.89 bits per heavy atom. The number of rotatable bonds is 6. The van der Waals surface area contributed by atoms with Gasteiger partial charge in [-0.1, -0.05) is 12.1 Å². The zero-order valence-corrected chi connectivity index (χ0v) is 11.1. The minimum absolute atomic E-state index is 0.509. The van der Waals surface area contributed by atoms with Gasteiger partial charge in [0.25, 0.3) is 0 Å². The molecule has 0 bridgehead atoms. The molecule has 5 nitrogen and oxygen atoms in total. The molecule has 1 heterocycles. The van der Waals surface area contributed by atoms with Crippen LogP contribution in [0.15, 0.2) is 36.4 Å². The van der Waals surface area contributed by atoms with Crippen LogP contribution in [-0.4, -0.2) is 37.6 Å². The summed E-state index contributed by atoms with van der Waals surface area (Å²) >= 11 is 0. The fourth-order valence-corrected chi connectivity index (χ4v) is 1.65. The van der Waals surface area contributed by atoms with Crippen LogP contribution >= 0.6 is 0 Å². The lowest BCUT2D eigenvalue weighted by atomic mass is 10.1. The number of hydrogen-bond donors (Lipinski definition) is 1. The van der Waals surface area contributed by atoms with Gasteiger partial charge in [-0.25, -0.2) is 0 Å². The van der Waals surface area contributed by atoms with Crippen molar-refractivity contribution in [2.24, 2.45) is 0 Å². The molecule has 0 radical (unpaired) electrons. The van der Waals surface area contributed by atoms with E-state index in [2.05, 4.69) is 15.5 Å². The van der Waals surface area contributed by atoms with Crippen LogP contribution in [0.5, 0.6) is 5.75 Å². The molecule has 2 aromatic rings. The lowest BCUT2D eigenvalue weighted by Crippen LogP contribution is -2.05. The van der Waals surface area contributed by atoms with E-state index in [0.29, 0.717) is 13.2 Å². The van der Waals surface area contributed by atoms with Gasteiger partial charge >= 0.3 is 0 Å². The molecule has 0 aliphatic carbocycles. The molecule has 0 amide bonds. The third-order valence-corrected chi connectivity index (χ3v) is 2.63. The predicted octanol–water partition coefficient (Wildman–Crippen LogP) is 2.21. The van der Waals surface area contributed by atoms with Gasteiger partial charge in [-0.05, 0) is 24.3 Å². The SMILES string of the molecule is CNc1ccc(-c2ccccc2OCCOC)nn1. The maximum absolute atomic E-state index is 5.68. The maximum Gasteiger partial charge on any atom is 0.148 e. The Bertz CT molecular complexity index is 514. The molecule has 0 aliphatic heterocycles. The lowest BCUT2D eigenvalue weighted by molar-refractivity contribution is 0.146. The number of methoxy groups -OCH3 is 1. The summed E-state index contributed by atoms with van der Waals surface area (Å²) < 4.78 is 10.7. The van der Waals surface area contributed by atoms with Gasteiger partial charge in [0.1, 0.15) is 18.2 Å². The number of hydrogen-bond acceptors (Lipinski definition) is 5. The Kier molecular flexibility index (Phi) is 4.69. The molecule has 1 aromatic carbocycles. The summed E-state index contributed by atoms with van der Waals surface area (Å²) in [5.74, 6) is 1.52. The summed E-state index contributed by atoms with van der Waals surface area (Å²) in [7, 11) is 3.46. The van der Waals surface area contributed by atoms with E-state index in [4.69, 9.17) is 9.47 Å². The van der Waals surface area contributed by atoms with Crippen molar-refractivity contribution in [2.45, 2.75) is 0 Å². The molecule has 1 aromatic heterocycles. The average molecular weight is 259 g/mol. The molecule has 0 atom stereocenters. The van der Waals surface area contributed by atoms with Gasteiger partial charge in [0.2, 0.25) is 0 Å². The number of benzene rings is 1. The summed E-state index contributed by atoms with van der Waals surface area (Å²) in [6, 6.07) is 11.6. The van der Waals surface area contributed by atoms with Crippen molar-refractivity contribution in [1.82, 2.24) is 10.2 Å². The molecular weight excluding hydrogens is 242 g/mol. The quantitative estimate of drug-likeness (QED) is 0.806.